The Hall–Kier alpha value is -2.41. The van der Waals surface area contributed by atoms with Crippen LogP contribution in [0.3, 0.4) is 0 Å². The molecule has 0 saturated carbocycles. The Bertz CT molecular complexity index is 581. The molecule has 0 fully saturated rings. The summed E-state index contributed by atoms with van der Waals surface area (Å²) in [6.45, 7) is 0. The van der Waals surface area contributed by atoms with Gasteiger partial charge in [0.05, 0.1) is 17.3 Å². The van der Waals surface area contributed by atoms with E-state index in [4.69, 9.17) is 5.26 Å². The van der Waals surface area contributed by atoms with E-state index in [-0.39, 0.29) is 0 Å². The van der Waals surface area contributed by atoms with E-state index >= 15 is 0 Å². The smallest absolute Gasteiger partial charge is 0.305 e. The van der Waals surface area contributed by atoms with Crippen molar-refractivity contribution in [2.75, 3.05) is 0 Å². The normalized spacial score (nSPS) is 9.53. The Morgan fingerprint density at radius 3 is 2.93 bits per heavy atom. The van der Waals surface area contributed by atoms with Gasteiger partial charge in [0, 0.05) is 6.20 Å². The zero-order valence-electron chi connectivity index (χ0n) is 7.77. The summed E-state index contributed by atoms with van der Waals surface area (Å²) in [7, 11) is 0. The van der Waals surface area contributed by atoms with Gasteiger partial charge in [-0.1, -0.05) is 12.1 Å². The monoisotopic (exact) mass is 197 g/mol. The molecule has 0 atom stereocenters. The maximum atomic E-state index is 11.0. The number of aromatic amines is 1. The predicted octanol–water partition coefficient (Wildman–Crippen LogP) is 1.31. The molecular weight excluding hydrogens is 190 g/mol. The molecule has 0 bridgehead atoms. The number of rotatable bonds is 1. The first kappa shape index (κ1) is 9.16. The first-order valence-corrected chi connectivity index (χ1v) is 4.35. The maximum absolute atomic E-state index is 11.0. The lowest BCUT2D eigenvalue weighted by Crippen LogP contribution is -2.09. The molecular formula is C11H7N3O. The van der Waals surface area contributed by atoms with Crippen molar-refractivity contribution < 1.29 is 0 Å². The largest absolute Gasteiger partial charge is 0.345 e. The number of hydrogen-bond acceptors (Lipinski definition) is 3. The molecule has 1 N–H and O–H groups in total. The van der Waals surface area contributed by atoms with E-state index in [1.807, 2.05) is 12.1 Å². The predicted molar refractivity (Wildman–Crippen MR) is 55.0 cm³/mol. The van der Waals surface area contributed by atoms with Gasteiger partial charge < -0.3 is 4.98 Å². The van der Waals surface area contributed by atoms with Gasteiger partial charge in [0.15, 0.2) is 0 Å². The number of nitriles is 1. The van der Waals surface area contributed by atoms with Gasteiger partial charge in [0.1, 0.15) is 0 Å². The number of nitrogens with one attached hydrogen (secondary N) is 1. The van der Waals surface area contributed by atoms with Gasteiger partial charge in [-0.2, -0.15) is 5.26 Å². The van der Waals surface area contributed by atoms with E-state index < -0.39 is 5.69 Å². The molecule has 0 unspecified atom stereocenters. The highest BCUT2D eigenvalue weighted by atomic mass is 16.1. The number of aromatic nitrogens is 2. The SMILES string of the molecule is N#Cc1cccc(-c2ccnc(=O)[nH]2)c1. The van der Waals surface area contributed by atoms with Crippen molar-refractivity contribution in [3.63, 3.8) is 0 Å². The van der Waals surface area contributed by atoms with Crippen LogP contribution in [0.1, 0.15) is 5.56 Å². The lowest BCUT2D eigenvalue weighted by molar-refractivity contribution is 1.08. The van der Waals surface area contributed by atoms with Crippen molar-refractivity contribution in [2.45, 2.75) is 0 Å². The van der Waals surface area contributed by atoms with E-state index in [0.717, 1.165) is 5.56 Å². The third-order valence-electron chi connectivity index (χ3n) is 1.98. The van der Waals surface area contributed by atoms with Crippen LogP contribution in [0.4, 0.5) is 0 Å². The first-order valence-electron chi connectivity index (χ1n) is 4.35. The zero-order valence-corrected chi connectivity index (χ0v) is 7.77. The fourth-order valence-corrected chi connectivity index (χ4v) is 1.29. The van der Waals surface area contributed by atoms with Gasteiger partial charge in [0.25, 0.3) is 0 Å². The van der Waals surface area contributed by atoms with Crippen LogP contribution in [0.15, 0.2) is 41.3 Å². The van der Waals surface area contributed by atoms with E-state index in [2.05, 4.69) is 9.97 Å². The highest BCUT2D eigenvalue weighted by Gasteiger charge is 1.99. The van der Waals surface area contributed by atoms with Crippen molar-refractivity contribution in [3.05, 3.63) is 52.6 Å². The summed E-state index contributed by atoms with van der Waals surface area (Å²) < 4.78 is 0. The summed E-state index contributed by atoms with van der Waals surface area (Å²) >= 11 is 0. The standard InChI is InChI=1S/C11H7N3O/c12-7-8-2-1-3-9(6-8)10-4-5-13-11(15)14-10/h1-6H,(H,13,14,15). The molecule has 1 aromatic carbocycles. The van der Waals surface area contributed by atoms with Crippen LogP contribution in [0, 0.1) is 11.3 Å². The lowest BCUT2D eigenvalue weighted by atomic mass is 10.1. The molecule has 0 saturated heterocycles. The van der Waals surface area contributed by atoms with Gasteiger partial charge in [-0.15, -0.1) is 0 Å². The Labute approximate surface area is 85.8 Å². The Morgan fingerprint density at radius 1 is 1.33 bits per heavy atom. The third kappa shape index (κ3) is 1.92. The number of H-pyrrole nitrogens is 1. The Kier molecular flexibility index (Phi) is 2.30. The lowest BCUT2D eigenvalue weighted by Gasteiger charge is -2.00. The van der Waals surface area contributed by atoms with Gasteiger partial charge in [-0.3, -0.25) is 0 Å². The summed E-state index contributed by atoms with van der Waals surface area (Å²) in [5.74, 6) is 0. The molecule has 2 aromatic rings. The third-order valence-corrected chi connectivity index (χ3v) is 1.98. The van der Waals surface area contributed by atoms with Crippen molar-refractivity contribution >= 4 is 0 Å². The summed E-state index contributed by atoms with van der Waals surface area (Å²) in [4.78, 5) is 17.1. The van der Waals surface area contributed by atoms with Gasteiger partial charge >= 0.3 is 5.69 Å². The van der Waals surface area contributed by atoms with E-state index in [1.165, 1.54) is 6.20 Å². The fraction of sp³-hybridized carbons (Fsp3) is 0. The molecule has 15 heavy (non-hydrogen) atoms. The van der Waals surface area contributed by atoms with E-state index in [1.54, 1.807) is 24.3 Å². The molecule has 0 radical (unpaired) electrons. The second-order valence-corrected chi connectivity index (χ2v) is 2.98. The molecule has 4 nitrogen and oxygen atoms in total. The number of hydrogen-bond donors (Lipinski definition) is 1. The van der Waals surface area contributed by atoms with Crippen LogP contribution >= 0.6 is 0 Å². The molecule has 2 rings (SSSR count). The average Bonchev–Trinajstić information content (AvgIpc) is 2.29. The van der Waals surface area contributed by atoms with Crippen LogP contribution in [-0.2, 0) is 0 Å². The second kappa shape index (κ2) is 3.76. The molecule has 0 aliphatic rings. The van der Waals surface area contributed by atoms with E-state index in [9.17, 15) is 4.79 Å². The quantitative estimate of drug-likeness (QED) is 0.749. The minimum absolute atomic E-state index is 0.394. The molecule has 0 aliphatic carbocycles. The van der Waals surface area contributed by atoms with Crippen molar-refractivity contribution in [1.82, 2.24) is 9.97 Å². The molecule has 1 aromatic heterocycles. The molecule has 0 spiro atoms. The first-order chi connectivity index (χ1) is 7.29. The highest BCUT2D eigenvalue weighted by molar-refractivity contribution is 5.60. The average molecular weight is 197 g/mol. The van der Waals surface area contributed by atoms with Crippen LogP contribution in [0.25, 0.3) is 11.3 Å². The van der Waals surface area contributed by atoms with Crippen molar-refractivity contribution in [1.29, 1.82) is 5.26 Å². The van der Waals surface area contributed by atoms with E-state index in [0.29, 0.717) is 11.3 Å². The number of nitrogens with zero attached hydrogens (tertiary/aromatic N) is 2. The van der Waals surface area contributed by atoms with Crippen LogP contribution in [0.2, 0.25) is 0 Å². The molecule has 72 valence electrons. The van der Waals surface area contributed by atoms with Crippen molar-refractivity contribution in [2.24, 2.45) is 0 Å². The zero-order chi connectivity index (χ0) is 10.7. The van der Waals surface area contributed by atoms with Gasteiger partial charge in [0.2, 0.25) is 0 Å². The summed E-state index contributed by atoms with van der Waals surface area (Å²) in [6, 6.07) is 10.8. The van der Waals surface area contributed by atoms with Crippen molar-refractivity contribution in [3.8, 4) is 17.3 Å². The fourth-order valence-electron chi connectivity index (χ4n) is 1.29. The minimum Gasteiger partial charge on any atom is -0.305 e. The van der Waals surface area contributed by atoms with Crippen LogP contribution in [-0.4, -0.2) is 9.97 Å². The molecule has 1 heterocycles. The Morgan fingerprint density at radius 2 is 2.20 bits per heavy atom. The summed E-state index contributed by atoms with van der Waals surface area (Å²) in [5.41, 5.74) is 1.63. The highest BCUT2D eigenvalue weighted by Crippen LogP contribution is 2.15. The second-order valence-electron chi connectivity index (χ2n) is 2.98. The maximum Gasteiger partial charge on any atom is 0.345 e. The molecule has 0 aliphatic heterocycles. The van der Waals surface area contributed by atoms with Gasteiger partial charge in [-0.25, -0.2) is 9.78 Å². The molecule has 0 amide bonds. The Balaban J connectivity index is 2.55. The van der Waals surface area contributed by atoms with Crippen LogP contribution in [0.5, 0.6) is 0 Å². The van der Waals surface area contributed by atoms with Crippen LogP contribution < -0.4 is 5.69 Å². The summed E-state index contributed by atoms with van der Waals surface area (Å²) in [5, 5.41) is 8.73. The number of benzene rings is 1. The van der Waals surface area contributed by atoms with Gasteiger partial charge in [-0.05, 0) is 23.8 Å². The molecule has 4 heteroatoms. The topological polar surface area (TPSA) is 69.5 Å². The minimum atomic E-state index is -0.394. The summed E-state index contributed by atoms with van der Waals surface area (Å²) in [6.07, 6.45) is 1.44.